The average Bonchev–Trinajstić information content (AvgIpc) is 2.44. The van der Waals surface area contributed by atoms with E-state index in [2.05, 4.69) is 15.0 Å². The molecule has 7 heteroatoms. The Bertz CT molecular complexity index is 763. The first-order chi connectivity index (χ1) is 10.9. The molecule has 0 saturated carbocycles. The van der Waals surface area contributed by atoms with Gasteiger partial charge in [-0.05, 0) is 37.1 Å². The van der Waals surface area contributed by atoms with Crippen molar-refractivity contribution in [1.82, 2.24) is 9.71 Å². The third-order valence-corrected chi connectivity index (χ3v) is 4.82. The van der Waals surface area contributed by atoms with Crippen molar-refractivity contribution >= 4 is 27.3 Å². The Labute approximate surface area is 142 Å². The fraction of sp³-hybridized carbons (Fsp3) is 0.312. The van der Waals surface area contributed by atoms with E-state index in [4.69, 9.17) is 11.6 Å². The summed E-state index contributed by atoms with van der Waals surface area (Å²) in [6.07, 6.45) is 1.62. The van der Waals surface area contributed by atoms with Crippen molar-refractivity contribution in [3.05, 3.63) is 58.9 Å². The van der Waals surface area contributed by atoms with Crippen LogP contribution in [0.25, 0.3) is 0 Å². The minimum Gasteiger partial charge on any atom is -0.381 e. The van der Waals surface area contributed by atoms with Gasteiger partial charge in [-0.25, -0.2) is 18.1 Å². The van der Waals surface area contributed by atoms with Gasteiger partial charge >= 0.3 is 0 Å². The van der Waals surface area contributed by atoms with Crippen molar-refractivity contribution in [3.8, 4) is 0 Å². The minimum absolute atomic E-state index is 0.0415. The van der Waals surface area contributed by atoms with Gasteiger partial charge in [-0.1, -0.05) is 35.9 Å². The van der Waals surface area contributed by atoms with Gasteiger partial charge in [0.2, 0.25) is 10.0 Å². The highest BCUT2D eigenvalue weighted by Gasteiger charge is 2.15. The van der Waals surface area contributed by atoms with E-state index in [1.54, 1.807) is 26.1 Å². The van der Waals surface area contributed by atoms with Crippen molar-refractivity contribution in [2.75, 3.05) is 5.32 Å². The summed E-state index contributed by atoms with van der Waals surface area (Å²) >= 11 is 5.85. The quantitative estimate of drug-likeness (QED) is 0.750. The molecule has 0 aliphatic rings. The Morgan fingerprint density at radius 2 is 1.87 bits per heavy atom. The monoisotopic (exact) mass is 353 g/mol. The second-order valence-electron chi connectivity index (χ2n) is 5.52. The van der Waals surface area contributed by atoms with E-state index >= 15 is 0 Å². The van der Waals surface area contributed by atoms with Gasteiger partial charge in [0.1, 0.15) is 5.15 Å². The molecule has 5 nitrogen and oxygen atoms in total. The van der Waals surface area contributed by atoms with E-state index in [0.717, 1.165) is 16.8 Å². The van der Waals surface area contributed by atoms with Gasteiger partial charge in [-0.3, -0.25) is 0 Å². The Balaban J connectivity index is 2.11. The number of nitrogens with zero attached hydrogens (tertiary/aromatic N) is 1. The summed E-state index contributed by atoms with van der Waals surface area (Å²) in [6.45, 7) is 4.12. The van der Waals surface area contributed by atoms with Crippen molar-refractivity contribution in [2.24, 2.45) is 0 Å². The molecule has 0 aliphatic carbocycles. The topological polar surface area (TPSA) is 71.1 Å². The predicted molar refractivity (Wildman–Crippen MR) is 93.9 cm³/mol. The lowest BCUT2D eigenvalue weighted by molar-refractivity contribution is 0.569. The van der Waals surface area contributed by atoms with E-state index in [1.807, 2.05) is 30.3 Å². The van der Waals surface area contributed by atoms with Crippen LogP contribution in [0.5, 0.6) is 0 Å². The molecule has 0 radical (unpaired) electrons. The smallest absolute Gasteiger partial charge is 0.216 e. The van der Waals surface area contributed by atoms with E-state index < -0.39 is 10.0 Å². The molecule has 2 aromatic rings. The third kappa shape index (κ3) is 5.82. The molecular weight excluding hydrogens is 334 g/mol. The van der Waals surface area contributed by atoms with Gasteiger partial charge in [-0.2, -0.15) is 0 Å². The van der Waals surface area contributed by atoms with Crippen LogP contribution in [0.3, 0.4) is 0 Å². The molecule has 0 bridgehead atoms. The van der Waals surface area contributed by atoms with E-state index in [-0.39, 0.29) is 11.8 Å². The van der Waals surface area contributed by atoms with Gasteiger partial charge in [-0.15, -0.1) is 0 Å². The summed E-state index contributed by atoms with van der Waals surface area (Å²) < 4.78 is 26.9. The first-order valence-electron chi connectivity index (χ1n) is 7.28. The first kappa shape index (κ1) is 17.7. The van der Waals surface area contributed by atoms with Crippen LogP contribution in [0.1, 0.15) is 25.0 Å². The first-order valence-corrected chi connectivity index (χ1v) is 9.31. The summed E-state index contributed by atoms with van der Waals surface area (Å²) in [7, 11) is -3.35. The SMILES string of the molecule is CC(C)NS(=O)(=O)Cc1ccccc1CNc1ccnc(Cl)c1. The van der Waals surface area contributed by atoms with Crippen molar-refractivity contribution in [2.45, 2.75) is 32.2 Å². The Kier molecular flexibility index (Phi) is 5.98. The van der Waals surface area contributed by atoms with Crippen molar-refractivity contribution in [3.63, 3.8) is 0 Å². The maximum atomic E-state index is 12.1. The maximum absolute atomic E-state index is 12.1. The second-order valence-corrected chi connectivity index (χ2v) is 7.66. The molecule has 0 aliphatic heterocycles. The number of hydrogen-bond acceptors (Lipinski definition) is 4. The van der Waals surface area contributed by atoms with E-state index in [9.17, 15) is 8.42 Å². The van der Waals surface area contributed by atoms with E-state index in [0.29, 0.717) is 11.7 Å². The second kappa shape index (κ2) is 7.77. The van der Waals surface area contributed by atoms with Crippen LogP contribution < -0.4 is 10.0 Å². The van der Waals surface area contributed by atoms with Gasteiger partial charge in [0, 0.05) is 24.5 Å². The molecule has 0 fully saturated rings. The molecule has 0 unspecified atom stereocenters. The molecule has 2 N–H and O–H groups in total. The third-order valence-electron chi connectivity index (χ3n) is 3.09. The number of anilines is 1. The molecule has 23 heavy (non-hydrogen) atoms. The van der Waals surface area contributed by atoms with Crippen LogP contribution in [0, 0.1) is 0 Å². The fourth-order valence-corrected chi connectivity index (χ4v) is 3.85. The minimum atomic E-state index is -3.35. The summed E-state index contributed by atoms with van der Waals surface area (Å²) in [5, 5.41) is 3.64. The number of halogens is 1. The van der Waals surface area contributed by atoms with Crippen LogP contribution in [0.2, 0.25) is 5.15 Å². The fourth-order valence-electron chi connectivity index (χ4n) is 2.19. The van der Waals surface area contributed by atoms with Crippen LogP contribution in [-0.2, 0) is 22.3 Å². The normalized spacial score (nSPS) is 11.7. The number of nitrogens with one attached hydrogen (secondary N) is 2. The average molecular weight is 354 g/mol. The van der Waals surface area contributed by atoms with Crippen LogP contribution in [0.4, 0.5) is 5.69 Å². The van der Waals surface area contributed by atoms with Crippen LogP contribution in [-0.4, -0.2) is 19.4 Å². The summed E-state index contributed by atoms with van der Waals surface area (Å²) in [4.78, 5) is 3.93. The zero-order chi connectivity index (χ0) is 16.9. The molecule has 2 rings (SSSR count). The lowest BCUT2D eigenvalue weighted by Gasteiger charge is -2.14. The molecule has 0 spiro atoms. The number of pyridine rings is 1. The Morgan fingerprint density at radius 1 is 1.17 bits per heavy atom. The van der Waals surface area contributed by atoms with Gasteiger partial charge in [0.15, 0.2) is 0 Å². The molecule has 1 heterocycles. The molecule has 0 atom stereocenters. The largest absolute Gasteiger partial charge is 0.381 e. The molecule has 124 valence electrons. The summed E-state index contributed by atoms with van der Waals surface area (Å²) in [5.74, 6) is -0.0415. The number of benzene rings is 1. The number of hydrogen-bond donors (Lipinski definition) is 2. The molecule has 0 amide bonds. The Hall–Kier alpha value is -1.63. The molecule has 0 saturated heterocycles. The highest BCUT2D eigenvalue weighted by molar-refractivity contribution is 7.88. The lowest BCUT2D eigenvalue weighted by Crippen LogP contribution is -2.31. The zero-order valence-electron chi connectivity index (χ0n) is 13.1. The van der Waals surface area contributed by atoms with E-state index in [1.165, 1.54) is 0 Å². The zero-order valence-corrected chi connectivity index (χ0v) is 14.7. The standard InChI is InChI=1S/C16H20ClN3O2S/c1-12(2)20-23(21,22)11-14-6-4-3-5-13(14)10-19-15-7-8-18-16(17)9-15/h3-9,12,20H,10-11H2,1-2H3,(H,18,19). The maximum Gasteiger partial charge on any atom is 0.216 e. The van der Waals surface area contributed by atoms with Gasteiger partial charge in [0.25, 0.3) is 0 Å². The molecular formula is C16H20ClN3O2S. The molecule has 1 aromatic carbocycles. The summed E-state index contributed by atoms with van der Waals surface area (Å²) in [5.41, 5.74) is 2.53. The van der Waals surface area contributed by atoms with Crippen molar-refractivity contribution < 1.29 is 8.42 Å². The molecule has 1 aromatic heterocycles. The van der Waals surface area contributed by atoms with Crippen LogP contribution >= 0.6 is 11.6 Å². The van der Waals surface area contributed by atoms with Crippen LogP contribution in [0.15, 0.2) is 42.6 Å². The number of sulfonamides is 1. The summed E-state index contributed by atoms with van der Waals surface area (Å²) in [6, 6.07) is 10.9. The predicted octanol–water partition coefficient (Wildman–Crippen LogP) is 3.17. The number of aromatic nitrogens is 1. The highest BCUT2D eigenvalue weighted by Crippen LogP contribution is 2.16. The van der Waals surface area contributed by atoms with Crippen molar-refractivity contribution in [1.29, 1.82) is 0 Å². The lowest BCUT2D eigenvalue weighted by atomic mass is 10.1. The number of rotatable bonds is 7. The van der Waals surface area contributed by atoms with Gasteiger partial charge < -0.3 is 5.32 Å². The Morgan fingerprint density at radius 3 is 2.52 bits per heavy atom. The highest BCUT2D eigenvalue weighted by atomic mass is 35.5. The van der Waals surface area contributed by atoms with Gasteiger partial charge in [0.05, 0.1) is 5.75 Å².